The summed E-state index contributed by atoms with van der Waals surface area (Å²) >= 11 is 6.04. The summed E-state index contributed by atoms with van der Waals surface area (Å²) in [6.45, 7) is 2.97. The summed E-state index contributed by atoms with van der Waals surface area (Å²) in [7, 11) is 0. The van der Waals surface area contributed by atoms with Crippen molar-refractivity contribution in [3.63, 3.8) is 0 Å². The van der Waals surface area contributed by atoms with Crippen molar-refractivity contribution in [3.05, 3.63) is 70.5 Å². The van der Waals surface area contributed by atoms with E-state index in [9.17, 15) is 4.39 Å². The monoisotopic (exact) mass is 277 g/mol. The van der Waals surface area contributed by atoms with Crippen molar-refractivity contribution in [2.45, 2.75) is 19.4 Å². The molecule has 0 spiro atoms. The molecule has 1 atom stereocenters. The Bertz CT molecular complexity index is 496. The van der Waals surface area contributed by atoms with E-state index >= 15 is 0 Å². The first kappa shape index (κ1) is 14.0. The van der Waals surface area contributed by atoms with Crippen LogP contribution in [0, 0.1) is 5.82 Å². The summed E-state index contributed by atoms with van der Waals surface area (Å²) in [5.74, 6) is -0.220. The molecule has 0 amide bonds. The summed E-state index contributed by atoms with van der Waals surface area (Å²) in [5, 5.41) is 4.12. The van der Waals surface area contributed by atoms with Crippen LogP contribution in [0.1, 0.15) is 30.5 Å². The average molecular weight is 278 g/mol. The molecule has 0 bridgehead atoms. The maximum absolute atomic E-state index is 13.4. The van der Waals surface area contributed by atoms with Crippen LogP contribution in [0.5, 0.6) is 0 Å². The van der Waals surface area contributed by atoms with Crippen molar-refractivity contribution in [1.29, 1.82) is 0 Å². The number of hydrogen-bond acceptors (Lipinski definition) is 1. The second-order valence-electron chi connectivity index (χ2n) is 4.50. The molecule has 1 unspecified atom stereocenters. The molecule has 0 aliphatic carbocycles. The second-order valence-corrected chi connectivity index (χ2v) is 4.93. The van der Waals surface area contributed by atoms with Crippen LogP contribution in [0.3, 0.4) is 0 Å². The van der Waals surface area contributed by atoms with E-state index in [-0.39, 0.29) is 11.9 Å². The smallest absolute Gasteiger partial charge is 0.123 e. The Labute approximate surface area is 118 Å². The highest BCUT2D eigenvalue weighted by atomic mass is 35.5. The molecule has 2 aromatic rings. The van der Waals surface area contributed by atoms with Crippen molar-refractivity contribution in [2.75, 3.05) is 6.54 Å². The summed E-state index contributed by atoms with van der Waals surface area (Å²) < 4.78 is 13.4. The van der Waals surface area contributed by atoms with Gasteiger partial charge in [0.2, 0.25) is 0 Å². The number of hydrogen-bond donors (Lipinski definition) is 1. The van der Waals surface area contributed by atoms with Crippen LogP contribution in [-0.4, -0.2) is 6.54 Å². The topological polar surface area (TPSA) is 12.0 Å². The van der Waals surface area contributed by atoms with Crippen molar-refractivity contribution < 1.29 is 4.39 Å². The van der Waals surface area contributed by atoms with Crippen molar-refractivity contribution in [3.8, 4) is 0 Å². The molecular weight excluding hydrogens is 261 g/mol. The van der Waals surface area contributed by atoms with Gasteiger partial charge in [-0.25, -0.2) is 4.39 Å². The van der Waals surface area contributed by atoms with E-state index in [1.54, 1.807) is 12.1 Å². The maximum Gasteiger partial charge on any atom is 0.123 e. The third-order valence-electron chi connectivity index (χ3n) is 2.96. The molecule has 19 heavy (non-hydrogen) atoms. The first-order valence-corrected chi connectivity index (χ1v) is 6.83. The molecule has 0 heterocycles. The predicted molar refractivity (Wildman–Crippen MR) is 78.0 cm³/mol. The highest BCUT2D eigenvalue weighted by Gasteiger charge is 2.14. The Kier molecular flexibility index (Phi) is 4.94. The zero-order valence-electron chi connectivity index (χ0n) is 10.9. The third kappa shape index (κ3) is 3.79. The summed E-state index contributed by atoms with van der Waals surface area (Å²) in [6.07, 6.45) is 1.02. The van der Waals surface area contributed by atoms with Gasteiger partial charge in [-0.05, 0) is 48.4 Å². The van der Waals surface area contributed by atoms with Crippen LogP contribution >= 0.6 is 11.6 Å². The van der Waals surface area contributed by atoms with E-state index in [1.807, 2.05) is 30.3 Å². The van der Waals surface area contributed by atoms with Gasteiger partial charge in [0.25, 0.3) is 0 Å². The molecule has 1 N–H and O–H groups in total. The van der Waals surface area contributed by atoms with E-state index < -0.39 is 0 Å². The lowest BCUT2D eigenvalue weighted by atomic mass is 9.98. The van der Waals surface area contributed by atoms with Gasteiger partial charge in [-0.3, -0.25) is 0 Å². The molecule has 3 heteroatoms. The molecule has 0 saturated heterocycles. The molecule has 0 aliphatic rings. The molecule has 0 fully saturated rings. The zero-order chi connectivity index (χ0) is 13.7. The van der Waals surface area contributed by atoms with E-state index in [1.165, 1.54) is 6.07 Å². The van der Waals surface area contributed by atoms with E-state index in [0.29, 0.717) is 5.02 Å². The highest BCUT2D eigenvalue weighted by Crippen LogP contribution is 2.24. The summed E-state index contributed by atoms with van der Waals surface area (Å²) in [5.41, 5.74) is 1.96. The van der Waals surface area contributed by atoms with Gasteiger partial charge >= 0.3 is 0 Å². The minimum absolute atomic E-state index is 0.0330. The maximum atomic E-state index is 13.4. The van der Waals surface area contributed by atoms with Gasteiger partial charge < -0.3 is 5.32 Å². The molecule has 0 aromatic heterocycles. The molecule has 0 aliphatic heterocycles. The van der Waals surface area contributed by atoms with Crippen molar-refractivity contribution in [2.24, 2.45) is 0 Å². The molecule has 2 rings (SSSR count). The standard InChI is InChI=1S/C16H17ClFN/c1-2-9-19-16(12-5-3-7-14(17)10-12)13-6-4-8-15(18)11-13/h3-8,10-11,16,19H,2,9H2,1H3. The SMILES string of the molecule is CCCNC(c1cccc(F)c1)c1cccc(Cl)c1. The van der Waals surface area contributed by atoms with Crippen molar-refractivity contribution in [1.82, 2.24) is 5.32 Å². The number of nitrogens with one attached hydrogen (secondary N) is 1. The van der Waals surface area contributed by atoms with Gasteiger partial charge in [0, 0.05) is 5.02 Å². The molecular formula is C16H17ClFN. The van der Waals surface area contributed by atoms with Crippen LogP contribution < -0.4 is 5.32 Å². The van der Waals surface area contributed by atoms with Gasteiger partial charge in [0.15, 0.2) is 0 Å². The molecule has 0 saturated carbocycles. The number of rotatable bonds is 5. The van der Waals surface area contributed by atoms with E-state index in [4.69, 9.17) is 11.6 Å². The quantitative estimate of drug-likeness (QED) is 0.844. The molecule has 100 valence electrons. The van der Waals surface area contributed by atoms with E-state index in [0.717, 1.165) is 24.1 Å². The third-order valence-corrected chi connectivity index (χ3v) is 3.20. The largest absolute Gasteiger partial charge is 0.306 e. The van der Waals surface area contributed by atoms with Crippen LogP contribution in [-0.2, 0) is 0 Å². The molecule has 1 nitrogen and oxygen atoms in total. The van der Waals surface area contributed by atoms with Gasteiger partial charge in [-0.2, -0.15) is 0 Å². The Hall–Kier alpha value is -1.38. The van der Waals surface area contributed by atoms with Gasteiger partial charge in [-0.1, -0.05) is 42.8 Å². The Morgan fingerprint density at radius 2 is 1.79 bits per heavy atom. The van der Waals surface area contributed by atoms with Gasteiger partial charge in [-0.15, -0.1) is 0 Å². The minimum Gasteiger partial charge on any atom is -0.306 e. The zero-order valence-corrected chi connectivity index (χ0v) is 11.6. The predicted octanol–water partition coefficient (Wildman–Crippen LogP) is 4.57. The Morgan fingerprint density at radius 3 is 2.42 bits per heavy atom. The van der Waals surface area contributed by atoms with Crippen LogP contribution in [0.2, 0.25) is 5.02 Å². The lowest BCUT2D eigenvalue weighted by molar-refractivity contribution is 0.585. The van der Waals surface area contributed by atoms with Crippen molar-refractivity contribution >= 4 is 11.6 Å². The van der Waals surface area contributed by atoms with Crippen LogP contribution in [0.15, 0.2) is 48.5 Å². The fourth-order valence-corrected chi connectivity index (χ4v) is 2.29. The molecule has 0 radical (unpaired) electrons. The minimum atomic E-state index is -0.220. The first-order valence-electron chi connectivity index (χ1n) is 6.45. The average Bonchev–Trinajstić information content (AvgIpc) is 2.39. The Balaban J connectivity index is 2.35. The van der Waals surface area contributed by atoms with Gasteiger partial charge in [0.1, 0.15) is 5.82 Å². The summed E-state index contributed by atoms with van der Waals surface area (Å²) in [4.78, 5) is 0. The fourth-order valence-electron chi connectivity index (χ4n) is 2.09. The van der Waals surface area contributed by atoms with Crippen LogP contribution in [0.4, 0.5) is 4.39 Å². The molecule has 2 aromatic carbocycles. The summed E-state index contributed by atoms with van der Waals surface area (Å²) in [6, 6.07) is 14.3. The normalized spacial score (nSPS) is 12.4. The second kappa shape index (κ2) is 6.69. The number of benzene rings is 2. The highest BCUT2D eigenvalue weighted by molar-refractivity contribution is 6.30. The van der Waals surface area contributed by atoms with E-state index in [2.05, 4.69) is 12.2 Å². The lowest BCUT2D eigenvalue weighted by Crippen LogP contribution is -2.23. The Morgan fingerprint density at radius 1 is 1.11 bits per heavy atom. The van der Waals surface area contributed by atoms with Crippen LogP contribution in [0.25, 0.3) is 0 Å². The van der Waals surface area contributed by atoms with Gasteiger partial charge in [0.05, 0.1) is 6.04 Å². The number of halogens is 2. The fraction of sp³-hybridized carbons (Fsp3) is 0.250. The first-order chi connectivity index (χ1) is 9.20. The lowest BCUT2D eigenvalue weighted by Gasteiger charge is -2.20.